The predicted octanol–water partition coefficient (Wildman–Crippen LogP) is 3.55. The molecule has 194 valence electrons. The van der Waals surface area contributed by atoms with E-state index in [9.17, 15) is 14.4 Å². The first kappa shape index (κ1) is 28.4. The fourth-order valence-corrected chi connectivity index (χ4v) is 4.71. The number of hydrogen-bond acceptors (Lipinski definition) is 8. The molecule has 1 aliphatic rings. The maximum atomic E-state index is 13.3. The first-order chi connectivity index (χ1) is 16.6. The van der Waals surface area contributed by atoms with Gasteiger partial charge in [-0.25, -0.2) is 9.59 Å². The number of esters is 1. The van der Waals surface area contributed by atoms with Crippen molar-refractivity contribution < 1.29 is 33.3 Å². The summed E-state index contributed by atoms with van der Waals surface area (Å²) in [5, 5.41) is 2.36. The normalized spacial score (nSPS) is 17.1. The van der Waals surface area contributed by atoms with E-state index in [2.05, 4.69) is 5.32 Å². The zero-order chi connectivity index (χ0) is 26.0. The number of thioether (sulfide) groups is 1. The second-order valence-corrected chi connectivity index (χ2v) is 10.2. The molecule has 1 N–H and O–H groups in total. The number of rotatable bonds is 10. The van der Waals surface area contributed by atoms with Gasteiger partial charge in [0.2, 0.25) is 5.91 Å². The van der Waals surface area contributed by atoms with Crippen molar-refractivity contribution in [1.82, 2.24) is 10.2 Å². The molecule has 1 heterocycles. The molecule has 1 aromatic rings. The first-order valence-corrected chi connectivity index (χ1v) is 12.6. The largest absolute Gasteiger partial charge is 0.497 e. The molecule has 35 heavy (non-hydrogen) atoms. The quantitative estimate of drug-likeness (QED) is 0.378. The van der Waals surface area contributed by atoms with Crippen LogP contribution in [0.25, 0.3) is 0 Å². The number of nitrogens with one attached hydrogen (secondary N) is 1. The van der Waals surface area contributed by atoms with Crippen molar-refractivity contribution in [2.45, 2.75) is 57.6 Å². The van der Waals surface area contributed by atoms with Crippen LogP contribution >= 0.6 is 11.8 Å². The Labute approximate surface area is 211 Å². The summed E-state index contributed by atoms with van der Waals surface area (Å²) < 4.78 is 21.0. The Balaban J connectivity index is 2.14. The highest BCUT2D eigenvalue weighted by Crippen LogP contribution is 2.29. The minimum Gasteiger partial charge on any atom is -0.497 e. The Bertz CT molecular complexity index is 914. The molecular formula is C25H36N2O7S. The van der Waals surface area contributed by atoms with Crippen LogP contribution in [-0.2, 0) is 25.6 Å². The third-order valence-electron chi connectivity index (χ3n) is 5.04. The second kappa shape index (κ2) is 13.3. The first-order valence-electron chi connectivity index (χ1n) is 11.5. The van der Waals surface area contributed by atoms with E-state index in [1.807, 2.05) is 12.1 Å². The van der Waals surface area contributed by atoms with Gasteiger partial charge in [-0.2, -0.15) is 0 Å². The van der Waals surface area contributed by atoms with E-state index in [-0.39, 0.29) is 12.5 Å². The Morgan fingerprint density at radius 3 is 2.63 bits per heavy atom. The maximum absolute atomic E-state index is 13.3. The Kier molecular flexibility index (Phi) is 10.8. The second-order valence-electron chi connectivity index (χ2n) is 8.90. The molecule has 9 nitrogen and oxygen atoms in total. The van der Waals surface area contributed by atoms with Crippen LogP contribution in [0.5, 0.6) is 11.5 Å². The predicted molar refractivity (Wildman–Crippen MR) is 135 cm³/mol. The van der Waals surface area contributed by atoms with Crippen molar-refractivity contribution in [3.8, 4) is 11.5 Å². The smallest absolute Gasteiger partial charge is 0.408 e. The monoisotopic (exact) mass is 508 g/mol. The Morgan fingerprint density at radius 2 is 2.00 bits per heavy atom. The number of methoxy groups -OCH3 is 2. The molecule has 1 aliphatic heterocycles. The van der Waals surface area contributed by atoms with Gasteiger partial charge in [0.25, 0.3) is 0 Å². The Morgan fingerprint density at radius 1 is 1.26 bits per heavy atom. The van der Waals surface area contributed by atoms with Gasteiger partial charge in [-0.1, -0.05) is 6.08 Å². The van der Waals surface area contributed by atoms with E-state index in [0.29, 0.717) is 31.0 Å². The lowest BCUT2D eigenvalue weighted by Gasteiger charge is -2.33. The zero-order valence-electron chi connectivity index (χ0n) is 21.3. The summed E-state index contributed by atoms with van der Waals surface area (Å²) in [7, 11) is 3.17. The molecule has 0 saturated carbocycles. The van der Waals surface area contributed by atoms with Gasteiger partial charge >= 0.3 is 12.1 Å². The van der Waals surface area contributed by atoms with Gasteiger partial charge in [-0.3, -0.25) is 4.79 Å². The number of hydrogen-bond donors (Lipinski definition) is 1. The average molecular weight is 509 g/mol. The van der Waals surface area contributed by atoms with Crippen LogP contribution in [0, 0.1) is 0 Å². The van der Waals surface area contributed by atoms with Crippen molar-refractivity contribution in [2.75, 3.05) is 33.1 Å². The van der Waals surface area contributed by atoms with Gasteiger partial charge < -0.3 is 29.2 Å². The molecule has 0 radical (unpaired) electrons. The number of carbonyl (C=O) groups excluding carboxylic acids is 3. The van der Waals surface area contributed by atoms with Gasteiger partial charge in [0.05, 0.1) is 32.1 Å². The molecule has 10 heteroatoms. The highest BCUT2D eigenvalue weighted by molar-refractivity contribution is 8.00. The molecule has 1 aromatic carbocycles. The van der Waals surface area contributed by atoms with Crippen molar-refractivity contribution in [2.24, 2.45) is 0 Å². The summed E-state index contributed by atoms with van der Waals surface area (Å²) in [6, 6.07) is 4.92. The van der Waals surface area contributed by atoms with E-state index >= 15 is 0 Å². The third-order valence-corrected chi connectivity index (χ3v) is 6.26. The number of ether oxygens (including phenoxy) is 4. The maximum Gasteiger partial charge on any atom is 0.408 e. The number of amides is 2. The molecule has 2 rings (SSSR count). The molecule has 1 saturated heterocycles. The van der Waals surface area contributed by atoms with Crippen LogP contribution in [0.3, 0.4) is 0 Å². The van der Waals surface area contributed by atoms with Crippen molar-refractivity contribution in [1.29, 1.82) is 0 Å². The Hall–Kier alpha value is -2.88. The van der Waals surface area contributed by atoms with Gasteiger partial charge in [0, 0.05) is 36.5 Å². The van der Waals surface area contributed by atoms with Crippen LogP contribution in [0.15, 0.2) is 30.4 Å². The van der Waals surface area contributed by atoms with Crippen LogP contribution < -0.4 is 14.8 Å². The minimum atomic E-state index is -0.677. The van der Waals surface area contributed by atoms with Crippen LogP contribution in [0.4, 0.5) is 4.79 Å². The van der Waals surface area contributed by atoms with Gasteiger partial charge in [0.15, 0.2) is 0 Å². The van der Waals surface area contributed by atoms with Crippen LogP contribution in [0.2, 0.25) is 0 Å². The topological polar surface area (TPSA) is 103 Å². The molecule has 0 bridgehead atoms. The van der Waals surface area contributed by atoms with Crippen LogP contribution in [0.1, 0.15) is 39.7 Å². The van der Waals surface area contributed by atoms with Gasteiger partial charge in [0.1, 0.15) is 17.1 Å². The number of benzene rings is 1. The minimum absolute atomic E-state index is 0.0420. The third kappa shape index (κ3) is 9.35. The lowest BCUT2D eigenvalue weighted by molar-refractivity contribution is -0.137. The SMILES string of the molecule is CCOC(=O)C=C[C@H](C[C@@H]1SCCN(Cc2ccc(OC)cc2OC)C1=O)NC(=O)OC(C)(C)C. The average Bonchev–Trinajstić information content (AvgIpc) is 2.79. The molecule has 2 amide bonds. The van der Waals surface area contributed by atoms with E-state index in [0.717, 1.165) is 11.3 Å². The summed E-state index contributed by atoms with van der Waals surface area (Å²) >= 11 is 1.53. The molecule has 0 aromatic heterocycles. The molecule has 0 spiro atoms. The van der Waals surface area contributed by atoms with Crippen molar-refractivity contribution in [3.63, 3.8) is 0 Å². The fraction of sp³-hybridized carbons (Fsp3) is 0.560. The van der Waals surface area contributed by atoms with E-state index in [4.69, 9.17) is 18.9 Å². The molecule has 0 aliphatic carbocycles. The van der Waals surface area contributed by atoms with E-state index < -0.39 is 29.0 Å². The lowest BCUT2D eigenvalue weighted by atomic mass is 10.1. The van der Waals surface area contributed by atoms with Crippen molar-refractivity contribution >= 4 is 29.7 Å². The zero-order valence-corrected chi connectivity index (χ0v) is 22.1. The van der Waals surface area contributed by atoms with Crippen molar-refractivity contribution in [3.05, 3.63) is 35.9 Å². The summed E-state index contributed by atoms with van der Waals surface area (Å²) in [6.07, 6.45) is 2.49. The molecule has 1 fully saturated rings. The highest BCUT2D eigenvalue weighted by atomic mass is 32.2. The van der Waals surface area contributed by atoms with Crippen LogP contribution in [-0.4, -0.2) is 72.9 Å². The van der Waals surface area contributed by atoms with Gasteiger partial charge in [-0.15, -0.1) is 11.8 Å². The number of alkyl carbamates (subject to hydrolysis) is 1. The summed E-state index contributed by atoms with van der Waals surface area (Å²) in [4.78, 5) is 39.3. The van der Waals surface area contributed by atoms with Gasteiger partial charge in [-0.05, 0) is 46.2 Å². The molecular weight excluding hydrogens is 472 g/mol. The number of carbonyl (C=O) groups is 3. The summed E-state index contributed by atoms with van der Waals surface area (Å²) in [5.41, 5.74) is 0.196. The highest BCUT2D eigenvalue weighted by Gasteiger charge is 2.32. The number of nitrogens with zero attached hydrogens (tertiary/aromatic N) is 1. The fourth-order valence-electron chi connectivity index (χ4n) is 3.46. The standard InChI is InChI=1S/C25H36N2O7S/c1-7-33-22(28)11-9-18(26-24(30)34-25(2,3)4)14-21-23(29)27(12-13-35-21)16-17-8-10-19(31-5)15-20(17)32-6/h8-11,15,18,21H,7,12-14,16H2,1-6H3,(H,26,30)/t18-,21+/m1/s1. The van der Waals surface area contributed by atoms with E-state index in [1.54, 1.807) is 59.0 Å². The van der Waals surface area contributed by atoms with E-state index in [1.165, 1.54) is 17.8 Å². The molecule has 2 atom stereocenters. The summed E-state index contributed by atoms with van der Waals surface area (Å²) in [6.45, 7) is 8.25. The lowest BCUT2D eigenvalue weighted by Crippen LogP contribution is -2.46. The molecule has 0 unspecified atom stereocenters. The summed E-state index contributed by atoms with van der Waals surface area (Å²) in [5.74, 6) is 1.51.